The number of hydrogen-bond donors (Lipinski definition) is 1. The van der Waals surface area contributed by atoms with Crippen molar-refractivity contribution >= 4 is 46.2 Å². The first-order valence-electron chi connectivity index (χ1n) is 12.6. The largest absolute Gasteiger partial charge is 0.355 e. The summed E-state index contributed by atoms with van der Waals surface area (Å²) in [5.74, 6) is 1.48. The molecule has 0 aliphatic carbocycles. The second kappa shape index (κ2) is 10.2. The van der Waals surface area contributed by atoms with E-state index in [1.54, 1.807) is 6.33 Å². The number of amides is 2. The second-order valence-electron chi connectivity index (χ2n) is 9.50. The molecule has 37 heavy (non-hydrogen) atoms. The summed E-state index contributed by atoms with van der Waals surface area (Å²) in [5, 5.41) is 4.48. The minimum atomic E-state index is 0.0615. The number of carbonyl (C=O) groups excluding carboxylic acids is 1. The first kappa shape index (κ1) is 24.0. The third-order valence-corrected chi connectivity index (χ3v) is 7.72. The van der Waals surface area contributed by atoms with E-state index in [1.807, 2.05) is 58.0 Å². The van der Waals surface area contributed by atoms with Gasteiger partial charge in [0.15, 0.2) is 17.0 Å². The lowest BCUT2D eigenvalue weighted by molar-refractivity contribution is 0.202. The molecule has 2 saturated heterocycles. The molecule has 10 heteroatoms. The van der Waals surface area contributed by atoms with Gasteiger partial charge in [-0.3, -0.25) is 4.57 Å². The molecule has 1 N–H and O–H groups in total. The topological polar surface area (TPSA) is 79.2 Å². The zero-order chi connectivity index (χ0) is 25.4. The van der Waals surface area contributed by atoms with Crippen LogP contribution in [0.3, 0.4) is 0 Å². The van der Waals surface area contributed by atoms with Crippen molar-refractivity contribution in [2.75, 3.05) is 31.1 Å². The van der Waals surface area contributed by atoms with Crippen LogP contribution in [0.2, 0.25) is 10.0 Å². The highest BCUT2D eigenvalue weighted by atomic mass is 35.5. The predicted molar refractivity (Wildman–Crippen MR) is 147 cm³/mol. The molecule has 4 aromatic rings. The summed E-state index contributed by atoms with van der Waals surface area (Å²) >= 11 is 12.8. The fraction of sp³-hybridized carbons (Fsp3) is 0.333. The van der Waals surface area contributed by atoms with Crippen molar-refractivity contribution in [1.29, 1.82) is 0 Å². The molecule has 2 aromatic heterocycles. The standard InChI is InChI=1S/C27H27Cl2N7O/c28-18-7-9-20(10-8-18)36-24(21-5-1-2-6-22(21)29)33-23-25(30-17-31-26(23)36)34-15-11-19(12-16-34)32-27(37)35-13-3-4-14-35/h1-2,5-10,17,19H,3-4,11-16H2,(H,32,37). The lowest BCUT2D eigenvalue weighted by Crippen LogP contribution is -2.48. The van der Waals surface area contributed by atoms with Crippen LogP contribution in [0.15, 0.2) is 54.9 Å². The van der Waals surface area contributed by atoms with Crippen molar-refractivity contribution in [3.8, 4) is 17.1 Å². The fourth-order valence-corrected chi connectivity index (χ4v) is 5.54. The summed E-state index contributed by atoms with van der Waals surface area (Å²) in [6, 6.07) is 15.5. The van der Waals surface area contributed by atoms with Crippen LogP contribution in [-0.4, -0.2) is 62.7 Å². The monoisotopic (exact) mass is 535 g/mol. The zero-order valence-electron chi connectivity index (χ0n) is 20.3. The van der Waals surface area contributed by atoms with E-state index < -0.39 is 0 Å². The van der Waals surface area contributed by atoms with Crippen molar-refractivity contribution < 1.29 is 4.79 Å². The predicted octanol–water partition coefficient (Wildman–Crippen LogP) is 5.56. The number of halogens is 2. The van der Waals surface area contributed by atoms with Gasteiger partial charge in [0.25, 0.3) is 0 Å². The van der Waals surface area contributed by atoms with E-state index in [-0.39, 0.29) is 12.1 Å². The smallest absolute Gasteiger partial charge is 0.317 e. The molecule has 0 bridgehead atoms. The molecule has 0 atom stereocenters. The van der Waals surface area contributed by atoms with Crippen LogP contribution in [0.5, 0.6) is 0 Å². The van der Waals surface area contributed by atoms with Crippen LogP contribution in [-0.2, 0) is 0 Å². The Kier molecular flexibility index (Phi) is 6.61. The Morgan fingerprint density at radius 3 is 2.38 bits per heavy atom. The van der Waals surface area contributed by atoms with Gasteiger partial charge >= 0.3 is 6.03 Å². The summed E-state index contributed by atoms with van der Waals surface area (Å²) in [5.41, 5.74) is 3.11. The van der Waals surface area contributed by atoms with Crippen molar-refractivity contribution in [3.63, 3.8) is 0 Å². The number of carbonyl (C=O) groups is 1. The minimum Gasteiger partial charge on any atom is -0.355 e. The molecule has 0 saturated carbocycles. The normalized spacial score (nSPS) is 16.5. The van der Waals surface area contributed by atoms with E-state index in [1.165, 1.54) is 0 Å². The van der Waals surface area contributed by atoms with Gasteiger partial charge in [-0.2, -0.15) is 0 Å². The van der Waals surface area contributed by atoms with E-state index in [0.29, 0.717) is 27.0 Å². The number of nitrogens with zero attached hydrogens (tertiary/aromatic N) is 6. The molecule has 8 nitrogen and oxygen atoms in total. The number of benzene rings is 2. The third-order valence-electron chi connectivity index (χ3n) is 7.14. The first-order chi connectivity index (χ1) is 18.1. The molecule has 190 valence electrons. The summed E-state index contributed by atoms with van der Waals surface area (Å²) in [6.45, 7) is 3.25. The van der Waals surface area contributed by atoms with Gasteiger partial charge < -0.3 is 15.1 Å². The lowest BCUT2D eigenvalue weighted by atomic mass is 10.1. The molecule has 2 amide bonds. The van der Waals surface area contributed by atoms with Crippen molar-refractivity contribution in [2.24, 2.45) is 0 Å². The maximum absolute atomic E-state index is 12.5. The molecular weight excluding hydrogens is 509 g/mol. The minimum absolute atomic E-state index is 0.0615. The average Bonchev–Trinajstić information content (AvgIpc) is 3.59. The number of piperidine rings is 1. The van der Waals surface area contributed by atoms with E-state index in [4.69, 9.17) is 28.2 Å². The Morgan fingerprint density at radius 2 is 1.65 bits per heavy atom. The number of aromatic nitrogens is 4. The molecule has 2 aliphatic rings. The Bertz CT molecular complexity index is 1420. The van der Waals surface area contributed by atoms with Crippen LogP contribution in [0, 0.1) is 0 Å². The van der Waals surface area contributed by atoms with Crippen LogP contribution in [0.1, 0.15) is 25.7 Å². The van der Waals surface area contributed by atoms with Crippen LogP contribution < -0.4 is 10.2 Å². The molecule has 2 aromatic carbocycles. The molecule has 0 spiro atoms. The number of anilines is 1. The molecular formula is C27H27Cl2N7O. The van der Waals surface area contributed by atoms with E-state index in [9.17, 15) is 4.79 Å². The Balaban J connectivity index is 1.33. The van der Waals surface area contributed by atoms with Gasteiger partial charge in [-0.05, 0) is 62.1 Å². The fourth-order valence-electron chi connectivity index (χ4n) is 5.19. The number of fused-ring (bicyclic) bond motifs is 1. The maximum Gasteiger partial charge on any atom is 0.317 e. The highest BCUT2D eigenvalue weighted by Crippen LogP contribution is 2.35. The van der Waals surface area contributed by atoms with Gasteiger partial charge in [-0.15, -0.1) is 0 Å². The molecule has 0 unspecified atom stereocenters. The number of rotatable bonds is 4. The molecule has 2 fully saturated rings. The van der Waals surface area contributed by atoms with Gasteiger partial charge in [-0.25, -0.2) is 19.7 Å². The van der Waals surface area contributed by atoms with Crippen LogP contribution in [0.4, 0.5) is 10.6 Å². The molecule has 2 aliphatic heterocycles. The molecule has 0 radical (unpaired) electrons. The lowest BCUT2D eigenvalue weighted by Gasteiger charge is -2.33. The number of likely N-dealkylation sites (tertiary alicyclic amines) is 1. The maximum atomic E-state index is 12.5. The first-order valence-corrected chi connectivity index (χ1v) is 13.4. The number of imidazole rings is 1. The van der Waals surface area contributed by atoms with Crippen molar-refractivity contribution in [1.82, 2.24) is 29.7 Å². The molecule has 6 rings (SSSR count). The SMILES string of the molecule is O=C(NC1CCN(c2ncnc3c2nc(-c2ccccc2Cl)n3-c2ccc(Cl)cc2)CC1)N1CCCC1. The Morgan fingerprint density at radius 1 is 0.919 bits per heavy atom. The number of hydrogen-bond acceptors (Lipinski definition) is 5. The third kappa shape index (κ3) is 4.71. The zero-order valence-corrected chi connectivity index (χ0v) is 21.8. The molecule has 4 heterocycles. The highest BCUT2D eigenvalue weighted by Gasteiger charge is 2.28. The van der Waals surface area contributed by atoms with Crippen LogP contribution >= 0.6 is 23.2 Å². The van der Waals surface area contributed by atoms with Gasteiger partial charge in [0.2, 0.25) is 0 Å². The summed E-state index contributed by atoms with van der Waals surface area (Å²) in [7, 11) is 0. The second-order valence-corrected chi connectivity index (χ2v) is 10.3. The summed E-state index contributed by atoms with van der Waals surface area (Å²) in [4.78, 5) is 31.0. The Labute approximate surface area is 225 Å². The quantitative estimate of drug-likeness (QED) is 0.369. The van der Waals surface area contributed by atoms with Crippen LogP contribution in [0.25, 0.3) is 28.2 Å². The van der Waals surface area contributed by atoms with Gasteiger partial charge in [0, 0.05) is 48.5 Å². The highest BCUT2D eigenvalue weighted by molar-refractivity contribution is 6.33. The van der Waals surface area contributed by atoms with E-state index in [2.05, 4.69) is 20.2 Å². The van der Waals surface area contributed by atoms with Gasteiger partial charge in [-0.1, -0.05) is 35.3 Å². The average molecular weight is 536 g/mol. The van der Waals surface area contributed by atoms with Gasteiger partial charge in [0.05, 0.1) is 5.02 Å². The Hall–Kier alpha value is -3.36. The summed E-state index contributed by atoms with van der Waals surface area (Å²) < 4.78 is 2.00. The van der Waals surface area contributed by atoms with Crippen molar-refractivity contribution in [3.05, 3.63) is 64.9 Å². The number of nitrogens with one attached hydrogen (secondary N) is 1. The van der Waals surface area contributed by atoms with E-state index in [0.717, 1.165) is 68.9 Å². The number of urea groups is 1. The van der Waals surface area contributed by atoms with Gasteiger partial charge in [0.1, 0.15) is 12.2 Å². The summed E-state index contributed by atoms with van der Waals surface area (Å²) in [6.07, 6.45) is 5.47. The van der Waals surface area contributed by atoms with E-state index >= 15 is 0 Å². The van der Waals surface area contributed by atoms with Crippen molar-refractivity contribution in [2.45, 2.75) is 31.7 Å².